The third-order valence-electron chi connectivity index (χ3n) is 4.71. The van der Waals surface area contributed by atoms with E-state index in [4.69, 9.17) is 0 Å². The van der Waals surface area contributed by atoms with Crippen LogP contribution in [-0.4, -0.2) is 25.9 Å². The summed E-state index contributed by atoms with van der Waals surface area (Å²) in [5.74, 6) is -2.75. The lowest BCUT2D eigenvalue weighted by Crippen LogP contribution is -2.49. The van der Waals surface area contributed by atoms with Crippen molar-refractivity contribution in [3.8, 4) is 5.75 Å². The first kappa shape index (κ1) is 20.2. The molecule has 0 heterocycles. The van der Waals surface area contributed by atoms with E-state index in [2.05, 4.69) is 9.46 Å². The van der Waals surface area contributed by atoms with Gasteiger partial charge in [0.05, 0.1) is 16.4 Å². The van der Waals surface area contributed by atoms with Gasteiger partial charge in [-0.3, -0.25) is 4.79 Å². The lowest BCUT2D eigenvalue weighted by atomic mass is 9.87. The molecule has 10 heteroatoms. The van der Waals surface area contributed by atoms with E-state index in [0.29, 0.717) is 11.1 Å². The van der Waals surface area contributed by atoms with Gasteiger partial charge in [-0.15, -0.1) is 13.2 Å². The Bertz CT molecular complexity index is 1000. The van der Waals surface area contributed by atoms with Crippen molar-refractivity contribution in [1.82, 2.24) is 4.72 Å². The van der Waals surface area contributed by atoms with E-state index in [9.17, 15) is 31.5 Å². The Balaban J connectivity index is 1.93. The molecule has 2 N–H and O–H groups in total. The average Bonchev–Trinajstić information content (AvgIpc) is 2.86. The molecule has 0 spiro atoms. The van der Waals surface area contributed by atoms with E-state index >= 15 is 0 Å². The van der Waals surface area contributed by atoms with Gasteiger partial charge in [-0.2, -0.15) is 4.72 Å². The van der Waals surface area contributed by atoms with Crippen LogP contribution in [0.15, 0.2) is 53.4 Å². The molecule has 2 aromatic rings. The maximum absolute atomic E-state index is 12.8. The molecule has 28 heavy (non-hydrogen) atoms. The third-order valence-corrected chi connectivity index (χ3v) is 6.30. The van der Waals surface area contributed by atoms with Crippen LogP contribution in [0.1, 0.15) is 18.1 Å². The van der Waals surface area contributed by atoms with Gasteiger partial charge in [0, 0.05) is 0 Å². The standard InChI is InChI=1S/C18H16F3NO5S/c1-17(14-5-3-2-4-11(14)10-15(17)16(23)24)22-28(25,26)13-8-6-12(7-9-13)27-18(19,20)21/h2-9,15,22H,10H2,1H3,(H,23,24)/t15-,17-/m0/s1. The molecule has 0 aromatic heterocycles. The number of alkyl halides is 3. The number of sulfonamides is 1. The summed E-state index contributed by atoms with van der Waals surface area (Å²) in [5, 5.41) is 9.58. The summed E-state index contributed by atoms with van der Waals surface area (Å²) in [4.78, 5) is 11.4. The van der Waals surface area contributed by atoms with Crippen LogP contribution in [0.3, 0.4) is 0 Å². The van der Waals surface area contributed by atoms with E-state index < -0.39 is 39.6 Å². The second kappa shape index (κ2) is 6.78. The molecule has 0 unspecified atom stereocenters. The molecule has 0 radical (unpaired) electrons. The zero-order valence-electron chi connectivity index (χ0n) is 14.5. The summed E-state index contributed by atoms with van der Waals surface area (Å²) >= 11 is 0. The molecule has 3 rings (SSSR count). The predicted octanol–water partition coefficient (Wildman–Crippen LogP) is 3.04. The van der Waals surface area contributed by atoms with Crippen molar-refractivity contribution in [2.24, 2.45) is 5.92 Å². The molecule has 1 aliphatic rings. The van der Waals surface area contributed by atoms with Gasteiger partial charge in [-0.05, 0) is 48.7 Å². The van der Waals surface area contributed by atoms with Crippen LogP contribution in [0.4, 0.5) is 13.2 Å². The zero-order chi connectivity index (χ0) is 20.7. The molecule has 2 atom stereocenters. The molecule has 0 saturated heterocycles. The van der Waals surface area contributed by atoms with Gasteiger partial charge in [-0.1, -0.05) is 24.3 Å². The Morgan fingerprint density at radius 3 is 2.36 bits per heavy atom. The van der Waals surface area contributed by atoms with Gasteiger partial charge in [-0.25, -0.2) is 8.42 Å². The molecule has 0 amide bonds. The fourth-order valence-electron chi connectivity index (χ4n) is 3.44. The monoisotopic (exact) mass is 415 g/mol. The van der Waals surface area contributed by atoms with Crippen molar-refractivity contribution in [2.45, 2.75) is 30.1 Å². The largest absolute Gasteiger partial charge is 0.573 e. The Labute approximate surface area is 159 Å². The SMILES string of the molecule is C[C@]1(NS(=O)(=O)c2ccc(OC(F)(F)F)cc2)c2ccccc2C[C@H]1C(=O)O. The molecule has 2 aromatic carbocycles. The van der Waals surface area contributed by atoms with Gasteiger partial charge in [0.25, 0.3) is 0 Å². The molecule has 0 aliphatic heterocycles. The van der Waals surface area contributed by atoms with Crippen LogP contribution in [0.25, 0.3) is 0 Å². The summed E-state index contributed by atoms with van der Waals surface area (Å²) < 4.78 is 68.5. The minimum atomic E-state index is -4.89. The molecule has 0 saturated carbocycles. The number of carboxylic acids is 1. The number of ether oxygens (including phenoxy) is 1. The van der Waals surface area contributed by atoms with E-state index in [-0.39, 0.29) is 11.3 Å². The third kappa shape index (κ3) is 3.83. The summed E-state index contributed by atoms with van der Waals surface area (Å²) in [7, 11) is -4.22. The smallest absolute Gasteiger partial charge is 0.481 e. The molecule has 0 bridgehead atoms. The van der Waals surface area contributed by atoms with Gasteiger partial charge in [0.15, 0.2) is 0 Å². The Hall–Kier alpha value is -2.59. The molecular formula is C18H16F3NO5S. The summed E-state index contributed by atoms with van der Waals surface area (Å²) in [6.45, 7) is 1.48. The van der Waals surface area contributed by atoms with Gasteiger partial charge < -0.3 is 9.84 Å². The maximum atomic E-state index is 12.8. The molecular weight excluding hydrogens is 399 g/mol. The van der Waals surface area contributed by atoms with E-state index in [1.54, 1.807) is 24.3 Å². The second-order valence-corrected chi connectivity index (χ2v) is 8.26. The van der Waals surface area contributed by atoms with Crippen molar-refractivity contribution < 1.29 is 36.2 Å². The van der Waals surface area contributed by atoms with Crippen LogP contribution >= 0.6 is 0 Å². The summed E-state index contributed by atoms with van der Waals surface area (Å²) in [6.07, 6.45) is -4.74. The first-order chi connectivity index (χ1) is 12.9. The number of benzene rings is 2. The fourth-order valence-corrected chi connectivity index (χ4v) is 4.86. The number of aliphatic carboxylic acids is 1. The van der Waals surface area contributed by atoms with Crippen molar-refractivity contribution >= 4 is 16.0 Å². The number of hydrogen-bond donors (Lipinski definition) is 2. The van der Waals surface area contributed by atoms with Crippen molar-refractivity contribution in [3.63, 3.8) is 0 Å². The Morgan fingerprint density at radius 1 is 1.18 bits per heavy atom. The average molecular weight is 415 g/mol. The zero-order valence-corrected chi connectivity index (χ0v) is 15.3. The number of hydrogen-bond acceptors (Lipinski definition) is 4. The quantitative estimate of drug-likeness (QED) is 0.783. The number of carboxylic acid groups (broad SMARTS) is 1. The highest BCUT2D eigenvalue weighted by Crippen LogP contribution is 2.42. The van der Waals surface area contributed by atoms with Crippen LogP contribution in [0.5, 0.6) is 5.75 Å². The number of fused-ring (bicyclic) bond motifs is 1. The number of nitrogens with one attached hydrogen (secondary N) is 1. The molecule has 6 nitrogen and oxygen atoms in total. The topological polar surface area (TPSA) is 92.7 Å². The Morgan fingerprint density at radius 2 is 1.79 bits per heavy atom. The van der Waals surface area contributed by atoms with Crippen LogP contribution in [-0.2, 0) is 26.8 Å². The highest BCUT2D eigenvalue weighted by molar-refractivity contribution is 7.89. The first-order valence-corrected chi connectivity index (χ1v) is 9.62. The molecule has 1 aliphatic carbocycles. The van der Waals surface area contributed by atoms with Gasteiger partial charge >= 0.3 is 12.3 Å². The highest BCUT2D eigenvalue weighted by atomic mass is 32.2. The normalized spacial score (nSPS) is 21.9. The first-order valence-electron chi connectivity index (χ1n) is 8.13. The van der Waals surface area contributed by atoms with E-state index in [1.165, 1.54) is 6.92 Å². The number of rotatable bonds is 5. The van der Waals surface area contributed by atoms with Crippen molar-refractivity contribution in [3.05, 3.63) is 59.7 Å². The molecule has 150 valence electrons. The van der Waals surface area contributed by atoms with Crippen LogP contribution < -0.4 is 9.46 Å². The second-order valence-electron chi connectivity index (χ2n) is 6.58. The van der Waals surface area contributed by atoms with Gasteiger partial charge in [0.1, 0.15) is 5.75 Å². The maximum Gasteiger partial charge on any atom is 0.573 e. The predicted molar refractivity (Wildman–Crippen MR) is 92.1 cm³/mol. The number of halogens is 3. The Kier molecular flexibility index (Phi) is 4.88. The summed E-state index contributed by atoms with van der Waals surface area (Å²) in [6, 6.07) is 10.5. The van der Waals surface area contributed by atoms with Gasteiger partial charge in [0.2, 0.25) is 10.0 Å². The lowest BCUT2D eigenvalue weighted by Gasteiger charge is -2.31. The van der Waals surface area contributed by atoms with E-state index in [0.717, 1.165) is 24.3 Å². The minimum Gasteiger partial charge on any atom is -0.481 e. The number of carbonyl (C=O) groups is 1. The highest BCUT2D eigenvalue weighted by Gasteiger charge is 2.49. The van der Waals surface area contributed by atoms with E-state index in [1.807, 2.05) is 0 Å². The van der Waals surface area contributed by atoms with Crippen molar-refractivity contribution in [1.29, 1.82) is 0 Å². The lowest BCUT2D eigenvalue weighted by molar-refractivity contribution is -0.274. The van der Waals surface area contributed by atoms with Crippen molar-refractivity contribution in [2.75, 3.05) is 0 Å². The minimum absolute atomic E-state index is 0.156. The fraction of sp³-hybridized carbons (Fsp3) is 0.278. The molecule has 0 fully saturated rings. The van der Waals surface area contributed by atoms with Crippen LogP contribution in [0, 0.1) is 5.92 Å². The van der Waals surface area contributed by atoms with Crippen LogP contribution in [0.2, 0.25) is 0 Å². The summed E-state index contributed by atoms with van der Waals surface area (Å²) in [5.41, 5.74) is -0.153.